The van der Waals surface area contributed by atoms with Gasteiger partial charge in [0, 0.05) is 13.2 Å². The highest BCUT2D eigenvalue weighted by molar-refractivity contribution is 4.50. The van der Waals surface area contributed by atoms with Crippen LogP contribution in [0.25, 0.3) is 0 Å². The van der Waals surface area contributed by atoms with Gasteiger partial charge in [-0.3, -0.25) is 0 Å². The van der Waals surface area contributed by atoms with Crippen molar-refractivity contribution in [3.8, 4) is 0 Å². The average Bonchev–Trinajstić information content (AvgIpc) is 2.56. The van der Waals surface area contributed by atoms with Crippen molar-refractivity contribution in [2.75, 3.05) is 33.9 Å². The van der Waals surface area contributed by atoms with Crippen LogP contribution in [-0.4, -0.2) is 38.8 Å². The van der Waals surface area contributed by atoms with E-state index in [1.165, 1.54) is 96.3 Å². The largest absolute Gasteiger partial charge is 0.381 e. The van der Waals surface area contributed by atoms with E-state index in [-0.39, 0.29) is 0 Å². The van der Waals surface area contributed by atoms with Gasteiger partial charge in [-0.05, 0) is 33.5 Å². The number of nitrogens with zero attached hydrogens (tertiary/aromatic N) is 1. The maximum absolute atomic E-state index is 5.67. The Bertz CT molecular complexity index is 218. The minimum atomic E-state index is 0.927. The Morgan fingerprint density at radius 2 is 0.875 bits per heavy atom. The Kier molecular flexibility index (Phi) is 20.9. The zero-order chi connectivity index (χ0) is 17.7. The molecule has 0 spiro atoms. The fourth-order valence-corrected chi connectivity index (χ4v) is 3.16. The van der Waals surface area contributed by atoms with Crippen molar-refractivity contribution in [2.24, 2.45) is 0 Å². The lowest BCUT2D eigenvalue weighted by Crippen LogP contribution is -2.14. The van der Waals surface area contributed by atoms with E-state index >= 15 is 0 Å². The Labute approximate surface area is 153 Å². The van der Waals surface area contributed by atoms with Crippen LogP contribution in [0, 0.1) is 0 Å². The highest BCUT2D eigenvalue weighted by Gasteiger charge is 1.95. The molecule has 0 bridgehead atoms. The summed E-state index contributed by atoms with van der Waals surface area (Å²) in [5, 5.41) is 0. The van der Waals surface area contributed by atoms with Crippen molar-refractivity contribution < 1.29 is 4.74 Å². The van der Waals surface area contributed by atoms with Crippen molar-refractivity contribution in [1.82, 2.24) is 4.90 Å². The molecule has 0 unspecified atom stereocenters. The van der Waals surface area contributed by atoms with Crippen molar-refractivity contribution in [3.63, 3.8) is 0 Å². The third-order valence-corrected chi connectivity index (χ3v) is 4.79. The minimum Gasteiger partial charge on any atom is -0.381 e. The first-order valence-electron chi connectivity index (χ1n) is 11.0. The van der Waals surface area contributed by atoms with Gasteiger partial charge in [-0.1, -0.05) is 96.8 Å². The second-order valence-electron chi connectivity index (χ2n) is 7.72. The second-order valence-corrected chi connectivity index (χ2v) is 7.72. The summed E-state index contributed by atoms with van der Waals surface area (Å²) in [6.07, 6.45) is 22.5. The molecule has 0 aliphatic carbocycles. The quantitative estimate of drug-likeness (QED) is 0.225. The first-order chi connectivity index (χ1) is 11.8. The van der Waals surface area contributed by atoms with Gasteiger partial charge in [0.2, 0.25) is 0 Å². The molecule has 0 atom stereocenters. The highest BCUT2D eigenvalue weighted by atomic mass is 16.5. The number of ether oxygens (including phenoxy) is 1. The number of hydrogen-bond acceptors (Lipinski definition) is 2. The Morgan fingerprint density at radius 1 is 0.500 bits per heavy atom. The average molecular weight is 342 g/mol. The lowest BCUT2D eigenvalue weighted by atomic mass is 10.0. The summed E-state index contributed by atoms with van der Waals surface area (Å²) in [5.74, 6) is 0. The van der Waals surface area contributed by atoms with Crippen LogP contribution in [0.1, 0.15) is 110 Å². The van der Waals surface area contributed by atoms with Crippen LogP contribution < -0.4 is 0 Å². The summed E-state index contributed by atoms with van der Waals surface area (Å²) < 4.78 is 5.67. The third kappa shape index (κ3) is 21.9. The molecule has 0 fully saturated rings. The molecule has 2 heteroatoms. The van der Waals surface area contributed by atoms with Gasteiger partial charge in [0.05, 0.1) is 0 Å². The summed E-state index contributed by atoms with van der Waals surface area (Å²) in [5.41, 5.74) is 0. The zero-order valence-electron chi connectivity index (χ0n) is 17.3. The number of unbranched alkanes of at least 4 members (excludes halogenated alkanes) is 14. The van der Waals surface area contributed by atoms with Gasteiger partial charge in [-0.2, -0.15) is 0 Å². The first kappa shape index (κ1) is 23.9. The molecule has 0 radical (unpaired) electrons. The fourth-order valence-electron chi connectivity index (χ4n) is 3.16. The molecule has 0 saturated carbocycles. The van der Waals surface area contributed by atoms with E-state index in [0.717, 1.165) is 26.2 Å². The lowest BCUT2D eigenvalue weighted by molar-refractivity contribution is 0.122. The van der Waals surface area contributed by atoms with Gasteiger partial charge in [0.15, 0.2) is 0 Å². The molecule has 0 amide bonds. The highest BCUT2D eigenvalue weighted by Crippen LogP contribution is 2.13. The molecular weight excluding hydrogens is 294 g/mol. The topological polar surface area (TPSA) is 12.5 Å². The van der Waals surface area contributed by atoms with Crippen molar-refractivity contribution in [2.45, 2.75) is 110 Å². The van der Waals surface area contributed by atoms with Crippen LogP contribution in [0.2, 0.25) is 0 Å². The van der Waals surface area contributed by atoms with Crippen molar-refractivity contribution in [3.05, 3.63) is 0 Å². The van der Waals surface area contributed by atoms with Crippen LogP contribution >= 0.6 is 0 Å². The lowest BCUT2D eigenvalue weighted by Gasteiger charge is -2.09. The van der Waals surface area contributed by atoms with Crippen molar-refractivity contribution in [1.29, 1.82) is 0 Å². The maximum Gasteiger partial charge on any atom is 0.0478 e. The molecule has 0 aromatic heterocycles. The first-order valence-corrected chi connectivity index (χ1v) is 11.0. The van der Waals surface area contributed by atoms with Crippen LogP contribution in [0.15, 0.2) is 0 Å². The van der Waals surface area contributed by atoms with Gasteiger partial charge in [-0.25, -0.2) is 0 Å². The zero-order valence-corrected chi connectivity index (χ0v) is 17.3. The Morgan fingerprint density at radius 3 is 1.29 bits per heavy atom. The standard InChI is InChI=1S/C22H47NO/c1-4-5-6-7-8-9-10-11-12-13-14-15-16-17-18-21-24-22-19-20-23(2)3/h4-22H2,1-3H3. The normalized spacial score (nSPS) is 11.5. The monoisotopic (exact) mass is 341 g/mol. The Balaban J connectivity index is 2.95. The van der Waals surface area contributed by atoms with E-state index in [0.29, 0.717) is 0 Å². The van der Waals surface area contributed by atoms with Gasteiger partial charge in [0.1, 0.15) is 0 Å². The molecule has 0 aromatic rings. The molecule has 146 valence electrons. The number of rotatable bonds is 20. The molecule has 0 aromatic carbocycles. The molecule has 0 N–H and O–H groups in total. The van der Waals surface area contributed by atoms with Gasteiger partial charge in [0.25, 0.3) is 0 Å². The predicted octanol–water partition coefficient (Wildman–Crippen LogP) is 6.83. The molecule has 24 heavy (non-hydrogen) atoms. The third-order valence-electron chi connectivity index (χ3n) is 4.79. The smallest absolute Gasteiger partial charge is 0.0478 e. The SMILES string of the molecule is CCCCCCCCCCCCCCCCCOCCCN(C)C. The fraction of sp³-hybridized carbons (Fsp3) is 1.00. The summed E-state index contributed by atoms with van der Waals surface area (Å²) in [6.45, 7) is 5.32. The second kappa shape index (κ2) is 21.0. The summed E-state index contributed by atoms with van der Waals surface area (Å²) in [7, 11) is 4.24. The molecule has 0 aliphatic rings. The van der Waals surface area contributed by atoms with Crippen LogP contribution in [-0.2, 0) is 4.74 Å². The molecule has 0 rings (SSSR count). The predicted molar refractivity (Wildman–Crippen MR) is 109 cm³/mol. The van der Waals surface area contributed by atoms with Crippen molar-refractivity contribution >= 4 is 0 Å². The summed E-state index contributed by atoms with van der Waals surface area (Å²) in [6, 6.07) is 0. The molecule has 0 saturated heterocycles. The summed E-state index contributed by atoms with van der Waals surface area (Å²) >= 11 is 0. The Hall–Kier alpha value is -0.0800. The number of hydrogen-bond donors (Lipinski definition) is 0. The molecule has 2 nitrogen and oxygen atoms in total. The van der Waals surface area contributed by atoms with E-state index in [9.17, 15) is 0 Å². The molecular formula is C22H47NO. The van der Waals surface area contributed by atoms with E-state index in [2.05, 4.69) is 25.9 Å². The van der Waals surface area contributed by atoms with Gasteiger partial charge in [-0.15, -0.1) is 0 Å². The van der Waals surface area contributed by atoms with E-state index in [4.69, 9.17) is 4.74 Å². The molecule has 0 aliphatic heterocycles. The van der Waals surface area contributed by atoms with Crippen LogP contribution in [0.4, 0.5) is 0 Å². The van der Waals surface area contributed by atoms with Crippen LogP contribution in [0.5, 0.6) is 0 Å². The van der Waals surface area contributed by atoms with Gasteiger partial charge < -0.3 is 9.64 Å². The van der Waals surface area contributed by atoms with E-state index in [1.807, 2.05) is 0 Å². The summed E-state index contributed by atoms with van der Waals surface area (Å²) in [4.78, 5) is 2.22. The van der Waals surface area contributed by atoms with Gasteiger partial charge >= 0.3 is 0 Å². The van der Waals surface area contributed by atoms with E-state index in [1.54, 1.807) is 0 Å². The maximum atomic E-state index is 5.67. The molecule has 0 heterocycles. The van der Waals surface area contributed by atoms with Crippen LogP contribution in [0.3, 0.4) is 0 Å². The minimum absolute atomic E-state index is 0.927. The van der Waals surface area contributed by atoms with E-state index < -0.39 is 0 Å².